The molecule has 1 atom stereocenters. The van der Waals surface area contributed by atoms with Gasteiger partial charge in [0.05, 0.1) is 11.7 Å². The first kappa shape index (κ1) is 19.1. The third kappa shape index (κ3) is 6.21. The lowest BCUT2D eigenvalue weighted by atomic mass is 9.94. The molecule has 27 heavy (non-hydrogen) atoms. The van der Waals surface area contributed by atoms with Crippen LogP contribution in [-0.4, -0.2) is 21.9 Å². The van der Waals surface area contributed by atoms with E-state index in [9.17, 15) is 4.79 Å². The molecular weight excluding hydrogens is 336 g/mol. The van der Waals surface area contributed by atoms with Crippen LogP contribution in [-0.2, 0) is 11.2 Å². The van der Waals surface area contributed by atoms with Crippen LogP contribution in [0.2, 0.25) is 0 Å². The number of hydrogen-bond donors (Lipinski definition) is 0. The normalized spacial score (nSPS) is 14.4. The topological polar surface area (TPSA) is 52.1 Å². The summed E-state index contributed by atoms with van der Waals surface area (Å²) < 4.78 is 5.43. The molecule has 1 aliphatic carbocycles. The van der Waals surface area contributed by atoms with Gasteiger partial charge in [-0.15, -0.1) is 0 Å². The summed E-state index contributed by atoms with van der Waals surface area (Å²) in [5, 5.41) is 0. The zero-order valence-electron chi connectivity index (χ0n) is 16.2. The van der Waals surface area contributed by atoms with Gasteiger partial charge >= 0.3 is 6.01 Å². The number of Topliss-reactive ketones (excluding diaryl/α,β-unsaturated/α-hetero) is 1. The van der Waals surface area contributed by atoms with E-state index in [0.717, 1.165) is 30.4 Å². The number of aromatic nitrogens is 2. The predicted molar refractivity (Wildman–Crippen MR) is 105 cm³/mol. The van der Waals surface area contributed by atoms with Gasteiger partial charge in [-0.05, 0) is 56.7 Å². The smallest absolute Gasteiger partial charge is 0.316 e. The minimum atomic E-state index is 0.0509. The Hall–Kier alpha value is -2.67. The SMILES string of the molecule is CC(CC(=O)C1CC1)Cc1ccc(C#Cc2cnc(OC(C)C)nc2)cc1. The van der Waals surface area contributed by atoms with E-state index in [0.29, 0.717) is 30.1 Å². The van der Waals surface area contributed by atoms with Gasteiger partial charge in [0, 0.05) is 30.3 Å². The zero-order chi connectivity index (χ0) is 19.2. The Labute approximate surface area is 161 Å². The van der Waals surface area contributed by atoms with E-state index in [-0.39, 0.29) is 6.10 Å². The molecule has 0 aliphatic heterocycles. The number of rotatable bonds is 7. The molecule has 1 saturated carbocycles. The van der Waals surface area contributed by atoms with Crippen LogP contribution in [0.4, 0.5) is 0 Å². The lowest BCUT2D eigenvalue weighted by Crippen LogP contribution is -2.09. The molecule has 0 spiro atoms. The first-order valence-corrected chi connectivity index (χ1v) is 9.62. The van der Waals surface area contributed by atoms with E-state index in [4.69, 9.17) is 4.74 Å². The van der Waals surface area contributed by atoms with E-state index in [1.807, 2.05) is 26.0 Å². The maximum absolute atomic E-state index is 11.9. The average molecular weight is 362 g/mol. The number of carbonyl (C=O) groups is 1. The number of ketones is 1. The van der Waals surface area contributed by atoms with Crippen LogP contribution in [0.1, 0.15) is 56.7 Å². The Morgan fingerprint density at radius 1 is 1.07 bits per heavy atom. The molecule has 0 bridgehead atoms. The summed E-state index contributed by atoms with van der Waals surface area (Å²) in [5.74, 6) is 7.39. The van der Waals surface area contributed by atoms with Gasteiger partial charge in [0.2, 0.25) is 0 Å². The monoisotopic (exact) mass is 362 g/mol. The summed E-state index contributed by atoms with van der Waals surface area (Å²) in [6, 6.07) is 8.61. The van der Waals surface area contributed by atoms with Crippen molar-refractivity contribution in [3.63, 3.8) is 0 Å². The van der Waals surface area contributed by atoms with Crippen molar-refractivity contribution >= 4 is 5.78 Å². The second kappa shape index (κ2) is 8.81. The van der Waals surface area contributed by atoms with Gasteiger partial charge in [-0.1, -0.05) is 30.9 Å². The number of benzene rings is 1. The molecule has 1 unspecified atom stereocenters. The van der Waals surface area contributed by atoms with Gasteiger partial charge in [0.15, 0.2) is 0 Å². The Morgan fingerprint density at radius 3 is 2.30 bits per heavy atom. The van der Waals surface area contributed by atoms with Crippen LogP contribution in [0.25, 0.3) is 0 Å². The van der Waals surface area contributed by atoms with Gasteiger partial charge in [-0.25, -0.2) is 9.97 Å². The fourth-order valence-electron chi connectivity index (χ4n) is 2.91. The lowest BCUT2D eigenvalue weighted by molar-refractivity contribution is -0.121. The molecule has 0 saturated heterocycles. The van der Waals surface area contributed by atoms with Crippen LogP contribution in [0.3, 0.4) is 0 Å². The lowest BCUT2D eigenvalue weighted by Gasteiger charge is -2.10. The molecule has 1 aromatic heterocycles. The molecule has 0 N–H and O–H groups in total. The molecule has 140 valence electrons. The summed E-state index contributed by atoms with van der Waals surface area (Å²) in [4.78, 5) is 20.2. The number of hydrogen-bond acceptors (Lipinski definition) is 4. The predicted octanol–water partition coefficient (Wildman–Crippen LogP) is 4.21. The highest BCUT2D eigenvalue weighted by atomic mass is 16.5. The number of ether oxygens (including phenoxy) is 1. The van der Waals surface area contributed by atoms with E-state index in [1.165, 1.54) is 5.56 Å². The highest BCUT2D eigenvalue weighted by Crippen LogP contribution is 2.32. The Morgan fingerprint density at radius 2 is 1.70 bits per heavy atom. The van der Waals surface area contributed by atoms with Crippen LogP contribution in [0.5, 0.6) is 6.01 Å². The molecule has 1 heterocycles. The molecule has 3 rings (SSSR count). The van der Waals surface area contributed by atoms with E-state index in [1.54, 1.807) is 12.4 Å². The fraction of sp³-hybridized carbons (Fsp3) is 0.435. The summed E-state index contributed by atoms with van der Waals surface area (Å²) in [7, 11) is 0. The van der Waals surface area contributed by atoms with E-state index in [2.05, 4.69) is 40.9 Å². The maximum Gasteiger partial charge on any atom is 0.316 e. The van der Waals surface area contributed by atoms with E-state index >= 15 is 0 Å². The van der Waals surface area contributed by atoms with Gasteiger partial charge in [-0.2, -0.15) is 0 Å². The molecule has 1 aromatic carbocycles. The summed E-state index contributed by atoms with van der Waals surface area (Å²) in [6.45, 7) is 6.03. The Bertz CT molecular complexity index is 825. The molecule has 1 fully saturated rings. The largest absolute Gasteiger partial charge is 0.461 e. The highest BCUT2D eigenvalue weighted by Gasteiger charge is 2.29. The standard InChI is InChI=1S/C23H26N2O2/c1-16(2)27-23-24-14-20(15-25-23)9-6-18-4-7-19(8-5-18)12-17(3)13-22(26)21-10-11-21/h4-5,7-8,14-17,21H,10-13H2,1-3H3. The molecule has 0 radical (unpaired) electrons. The first-order valence-electron chi connectivity index (χ1n) is 9.62. The van der Waals surface area contributed by atoms with Crippen LogP contribution in [0.15, 0.2) is 36.7 Å². The summed E-state index contributed by atoms with van der Waals surface area (Å²) in [5.41, 5.74) is 2.94. The minimum absolute atomic E-state index is 0.0509. The highest BCUT2D eigenvalue weighted by molar-refractivity contribution is 5.83. The third-order valence-electron chi connectivity index (χ3n) is 4.44. The third-order valence-corrected chi connectivity index (χ3v) is 4.44. The fourth-order valence-corrected chi connectivity index (χ4v) is 2.91. The van der Waals surface area contributed by atoms with Crippen LogP contribution >= 0.6 is 0 Å². The van der Waals surface area contributed by atoms with Crippen molar-refractivity contribution in [2.45, 2.75) is 52.6 Å². The van der Waals surface area contributed by atoms with Gasteiger partial charge in [0.25, 0.3) is 0 Å². The van der Waals surface area contributed by atoms with Crippen LogP contribution < -0.4 is 4.74 Å². The van der Waals surface area contributed by atoms with Crippen molar-refractivity contribution in [1.82, 2.24) is 9.97 Å². The molecule has 1 aliphatic rings. The maximum atomic E-state index is 11.9. The second-order valence-electron chi connectivity index (χ2n) is 7.62. The van der Waals surface area contributed by atoms with Gasteiger partial charge < -0.3 is 4.74 Å². The molecular formula is C23H26N2O2. The quantitative estimate of drug-likeness (QED) is 0.692. The molecule has 2 aromatic rings. The summed E-state index contributed by atoms with van der Waals surface area (Å²) in [6.07, 6.45) is 7.21. The van der Waals surface area contributed by atoms with Crippen molar-refractivity contribution in [1.29, 1.82) is 0 Å². The van der Waals surface area contributed by atoms with Crippen molar-refractivity contribution in [3.8, 4) is 17.9 Å². The molecule has 4 heteroatoms. The van der Waals surface area contributed by atoms with Crippen molar-refractivity contribution in [3.05, 3.63) is 53.3 Å². The zero-order valence-corrected chi connectivity index (χ0v) is 16.2. The van der Waals surface area contributed by atoms with Gasteiger partial charge in [-0.3, -0.25) is 4.79 Å². The Balaban J connectivity index is 1.54. The van der Waals surface area contributed by atoms with Crippen molar-refractivity contribution in [2.24, 2.45) is 11.8 Å². The minimum Gasteiger partial charge on any atom is -0.461 e. The van der Waals surface area contributed by atoms with Gasteiger partial charge in [0.1, 0.15) is 5.78 Å². The second-order valence-corrected chi connectivity index (χ2v) is 7.62. The van der Waals surface area contributed by atoms with Crippen molar-refractivity contribution in [2.75, 3.05) is 0 Å². The summed E-state index contributed by atoms with van der Waals surface area (Å²) >= 11 is 0. The Kier molecular flexibility index (Phi) is 6.24. The molecule has 0 amide bonds. The number of nitrogens with zero attached hydrogens (tertiary/aromatic N) is 2. The first-order chi connectivity index (χ1) is 13.0. The average Bonchev–Trinajstić information content (AvgIpc) is 3.47. The molecule has 4 nitrogen and oxygen atoms in total. The van der Waals surface area contributed by atoms with Crippen LogP contribution in [0, 0.1) is 23.7 Å². The van der Waals surface area contributed by atoms with E-state index < -0.39 is 0 Å². The van der Waals surface area contributed by atoms with Crippen molar-refractivity contribution < 1.29 is 9.53 Å². The number of carbonyl (C=O) groups excluding carboxylic acids is 1.